The number of fused-ring (bicyclic) bond motifs is 1. The molecule has 1 aromatic heterocycles. The zero-order chi connectivity index (χ0) is 15.1. The largest absolute Gasteiger partial charge is 0.506 e. The molecule has 0 bridgehead atoms. The van der Waals surface area contributed by atoms with Crippen molar-refractivity contribution in [3.05, 3.63) is 47.3 Å². The maximum absolute atomic E-state index is 10.5. The van der Waals surface area contributed by atoms with Crippen molar-refractivity contribution in [2.75, 3.05) is 23.9 Å². The molecular weight excluding hydrogens is 266 g/mol. The number of rotatable bonds is 2. The average molecular weight is 285 g/mol. The van der Waals surface area contributed by atoms with Crippen LogP contribution in [0.3, 0.4) is 0 Å². The second-order valence-electron chi connectivity index (χ2n) is 5.37. The van der Waals surface area contributed by atoms with Crippen molar-refractivity contribution in [2.24, 2.45) is 0 Å². The van der Waals surface area contributed by atoms with Gasteiger partial charge in [0, 0.05) is 31.4 Å². The van der Waals surface area contributed by atoms with Gasteiger partial charge in [-0.1, -0.05) is 12.1 Å². The summed E-state index contributed by atoms with van der Waals surface area (Å²) in [6, 6.07) is 8.09. The van der Waals surface area contributed by atoms with Gasteiger partial charge in [-0.2, -0.15) is 0 Å². The lowest BCUT2D eigenvalue weighted by Gasteiger charge is -2.30. The normalized spacial score (nSPS) is 14.7. The van der Waals surface area contributed by atoms with Gasteiger partial charge in [0.25, 0.3) is 0 Å². The summed E-state index contributed by atoms with van der Waals surface area (Å²) in [4.78, 5) is 8.33. The van der Waals surface area contributed by atoms with E-state index in [4.69, 9.17) is 0 Å². The third-order valence-corrected chi connectivity index (χ3v) is 4.16. The maximum Gasteiger partial charge on any atom is 0.144 e. The number of anilines is 2. The SMILES string of the molecule is Cc1ncc(CO)c(C2N(C)c3ccccc3N2C)c1O. The Hall–Kier alpha value is -2.27. The molecule has 2 heterocycles. The smallest absolute Gasteiger partial charge is 0.144 e. The zero-order valence-corrected chi connectivity index (χ0v) is 12.4. The number of nitrogens with zero attached hydrogens (tertiary/aromatic N) is 3. The van der Waals surface area contributed by atoms with Gasteiger partial charge >= 0.3 is 0 Å². The second kappa shape index (κ2) is 4.93. The van der Waals surface area contributed by atoms with Crippen LogP contribution in [0.5, 0.6) is 5.75 Å². The number of pyridine rings is 1. The number of hydrogen-bond acceptors (Lipinski definition) is 5. The van der Waals surface area contributed by atoms with E-state index >= 15 is 0 Å². The Morgan fingerprint density at radius 2 is 1.71 bits per heavy atom. The fraction of sp³-hybridized carbons (Fsp3) is 0.312. The Morgan fingerprint density at radius 1 is 1.14 bits per heavy atom. The van der Waals surface area contributed by atoms with Crippen LogP contribution in [0.1, 0.15) is 23.0 Å². The molecule has 0 atom stereocenters. The fourth-order valence-electron chi connectivity index (χ4n) is 3.04. The van der Waals surface area contributed by atoms with E-state index in [9.17, 15) is 10.2 Å². The summed E-state index contributed by atoms with van der Waals surface area (Å²) in [6.45, 7) is 1.62. The molecule has 5 heteroatoms. The van der Waals surface area contributed by atoms with Crippen molar-refractivity contribution in [3.8, 4) is 5.75 Å². The first-order chi connectivity index (χ1) is 10.1. The molecule has 0 spiro atoms. The molecule has 1 aliphatic heterocycles. The van der Waals surface area contributed by atoms with E-state index in [-0.39, 0.29) is 18.5 Å². The summed E-state index contributed by atoms with van der Waals surface area (Å²) in [5, 5.41) is 20.1. The minimum atomic E-state index is -0.161. The lowest BCUT2D eigenvalue weighted by atomic mass is 10.0. The Bertz CT molecular complexity index is 658. The highest BCUT2D eigenvalue weighted by atomic mass is 16.3. The molecule has 1 aliphatic rings. The van der Waals surface area contributed by atoms with E-state index < -0.39 is 0 Å². The topological polar surface area (TPSA) is 59.8 Å². The van der Waals surface area contributed by atoms with E-state index in [1.54, 1.807) is 13.1 Å². The predicted octanol–water partition coefficient (Wildman–Crippen LogP) is 2.17. The van der Waals surface area contributed by atoms with Crippen LogP contribution in [0, 0.1) is 6.92 Å². The molecule has 2 N–H and O–H groups in total. The van der Waals surface area contributed by atoms with Crippen molar-refractivity contribution in [2.45, 2.75) is 19.7 Å². The number of aryl methyl sites for hydroxylation is 1. The van der Waals surface area contributed by atoms with Gasteiger partial charge in [-0.25, -0.2) is 0 Å². The highest BCUT2D eigenvalue weighted by Gasteiger charge is 2.35. The summed E-state index contributed by atoms with van der Waals surface area (Å²) in [5.41, 5.74) is 4.13. The number of benzene rings is 1. The molecular formula is C16H19N3O2. The van der Waals surface area contributed by atoms with Crippen LogP contribution in [0.2, 0.25) is 0 Å². The van der Waals surface area contributed by atoms with Crippen molar-refractivity contribution >= 4 is 11.4 Å². The number of aromatic nitrogens is 1. The third-order valence-electron chi connectivity index (χ3n) is 4.16. The van der Waals surface area contributed by atoms with Crippen LogP contribution >= 0.6 is 0 Å². The molecule has 21 heavy (non-hydrogen) atoms. The number of aliphatic hydroxyl groups is 1. The molecule has 110 valence electrons. The van der Waals surface area contributed by atoms with Crippen molar-refractivity contribution in [3.63, 3.8) is 0 Å². The monoisotopic (exact) mass is 285 g/mol. The summed E-state index contributed by atoms with van der Waals surface area (Å²) in [6.07, 6.45) is 1.47. The van der Waals surface area contributed by atoms with Gasteiger partial charge in [0.1, 0.15) is 11.9 Å². The fourth-order valence-corrected chi connectivity index (χ4v) is 3.04. The lowest BCUT2D eigenvalue weighted by molar-refractivity contribution is 0.278. The molecule has 0 radical (unpaired) electrons. The molecule has 0 saturated carbocycles. The number of hydrogen-bond donors (Lipinski definition) is 2. The molecule has 0 aliphatic carbocycles. The Balaban J connectivity index is 2.17. The molecule has 3 rings (SSSR count). The van der Waals surface area contributed by atoms with Gasteiger partial charge in [0.2, 0.25) is 0 Å². The quantitative estimate of drug-likeness (QED) is 0.885. The molecule has 0 fully saturated rings. The molecule has 0 unspecified atom stereocenters. The van der Waals surface area contributed by atoms with Crippen LogP contribution in [-0.4, -0.2) is 29.3 Å². The van der Waals surface area contributed by atoms with Gasteiger partial charge in [-0.05, 0) is 19.1 Å². The highest BCUT2D eigenvalue weighted by Crippen LogP contribution is 2.47. The first-order valence-electron chi connectivity index (χ1n) is 6.89. The molecule has 5 nitrogen and oxygen atoms in total. The average Bonchev–Trinajstić information content (AvgIpc) is 2.75. The predicted molar refractivity (Wildman–Crippen MR) is 82.6 cm³/mol. The van der Waals surface area contributed by atoms with E-state index in [2.05, 4.69) is 26.9 Å². The first kappa shape index (κ1) is 13.7. The summed E-state index contributed by atoms with van der Waals surface area (Å²) in [7, 11) is 3.98. The number of aliphatic hydroxyl groups excluding tert-OH is 1. The molecule has 0 amide bonds. The summed E-state index contributed by atoms with van der Waals surface area (Å²) in [5.74, 6) is 0.151. The van der Waals surface area contributed by atoms with Crippen LogP contribution < -0.4 is 9.80 Å². The Kier molecular flexibility index (Phi) is 3.22. The van der Waals surface area contributed by atoms with Gasteiger partial charge in [-0.3, -0.25) is 4.98 Å². The standard InChI is InChI=1S/C16H19N3O2/c1-10-15(21)14(11(9-20)8-17-10)16-18(2)12-6-4-5-7-13(12)19(16)3/h4-8,16,20-21H,9H2,1-3H3. The van der Waals surface area contributed by atoms with Crippen LogP contribution in [0.15, 0.2) is 30.5 Å². The molecule has 2 aromatic rings. The lowest BCUT2D eigenvalue weighted by Crippen LogP contribution is -2.31. The Morgan fingerprint density at radius 3 is 2.24 bits per heavy atom. The zero-order valence-electron chi connectivity index (χ0n) is 12.4. The minimum Gasteiger partial charge on any atom is -0.506 e. The maximum atomic E-state index is 10.5. The summed E-state index contributed by atoms with van der Waals surface area (Å²) < 4.78 is 0. The molecule has 1 aromatic carbocycles. The highest BCUT2D eigenvalue weighted by molar-refractivity contribution is 5.78. The summed E-state index contributed by atoms with van der Waals surface area (Å²) >= 11 is 0. The van der Waals surface area contributed by atoms with Crippen LogP contribution in [0.4, 0.5) is 11.4 Å². The van der Waals surface area contributed by atoms with E-state index in [1.807, 2.05) is 26.2 Å². The Labute approximate surface area is 124 Å². The van der Waals surface area contributed by atoms with Gasteiger partial charge in [0.15, 0.2) is 0 Å². The van der Waals surface area contributed by atoms with Gasteiger partial charge < -0.3 is 20.0 Å². The van der Waals surface area contributed by atoms with Crippen molar-refractivity contribution in [1.29, 1.82) is 0 Å². The van der Waals surface area contributed by atoms with E-state index in [1.165, 1.54) is 0 Å². The van der Waals surface area contributed by atoms with Gasteiger partial charge in [-0.15, -0.1) is 0 Å². The van der Waals surface area contributed by atoms with Crippen LogP contribution in [-0.2, 0) is 6.61 Å². The number of para-hydroxylation sites is 2. The first-order valence-corrected chi connectivity index (χ1v) is 6.89. The van der Waals surface area contributed by atoms with Crippen molar-refractivity contribution < 1.29 is 10.2 Å². The number of aromatic hydroxyl groups is 1. The van der Waals surface area contributed by atoms with Crippen molar-refractivity contribution in [1.82, 2.24) is 4.98 Å². The minimum absolute atomic E-state index is 0.148. The second-order valence-corrected chi connectivity index (χ2v) is 5.37. The molecule has 0 saturated heterocycles. The van der Waals surface area contributed by atoms with Gasteiger partial charge in [0.05, 0.1) is 23.7 Å². The van der Waals surface area contributed by atoms with Crippen LogP contribution in [0.25, 0.3) is 0 Å². The van der Waals surface area contributed by atoms with E-state index in [0.29, 0.717) is 16.8 Å². The van der Waals surface area contributed by atoms with E-state index in [0.717, 1.165) is 11.4 Å². The third kappa shape index (κ3) is 1.93.